The molecule has 0 aromatic heterocycles. The number of aliphatic hydroxyl groups is 1. The number of carbonyl (C=O) groups is 3. The molecule has 1 saturated heterocycles. The number of carbonyl (C=O) groups excluding carboxylic acids is 3. The zero-order chi connectivity index (χ0) is 62.8. The summed E-state index contributed by atoms with van der Waals surface area (Å²) in [6, 6.07) is -6.00. The van der Waals surface area contributed by atoms with E-state index in [9.17, 15) is 30.2 Å². The molecule has 1 N–H and O–H groups in total. The Balaban J connectivity index is 1.98. The summed E-state index contributed by atoms with van der Waals surface area (Å²) >= 11 is 0. The molecule has 4 saturated carbocycles. The second-order valence-electron chi connectivity index (χ2n) is 8.54. The molecule has 7 heteroatoms. The fourth-order valence-electron chi connectivity index (χ4n) is 4.56. The highest BCUT2D eigenvalue weighted by Crippen LogP contribution is 2.70. The van der Waals surface area contributed by atoms with Gasteiger partial charge >= 0.3 is 5.97 Å². The summed E-state index contributed by atoms with van der Waals surface area (Å²) in [6.45, 7) is -19.8. The molecule has 0 aromatic rings. The van der Waals surface area contributed by atoms with Crippen molar-refractivity contribution >= 4 is 17.5 Å². The average Bonchev–Trinajstić information content (AvgIpc) is 3.60. The van der Waals surface area contributed by atoms with Crippen LogP contribution < -0.4 is 0 Å². The summed E-state index contributed by atoms with van der Waals surface area (Å²) in [7, 11) is 0. The van der Waals surface area contributed by atoms with Crippen molar-refractivity contribution in [1.82, 2.24) is 0 Å². The molecule has 0 aromatic carbocycles. The lowest BCUT2D eigenvalue weighted by Gasteiger charge is -2.59. The van der Waals surface area contributed by atoms with Gasteiger partial charge in [0.15, 0.2) is 24.2 Å². The maximum Gasteiger partial charge on any atom is 0.308 e. The van der Waals surface area contributed by atoms with Gasteiger partial charge in [-0.25, -0.2) is 0 Å². The Kier molecular flexibility index (Phi) is 1.78. The lowest BCUT2D eigenvalue weighted by molar-refractivity contribution is -0.210. The number of hydrogen-bond donors (Lipinski definition) is 1. The molecule has 0 unspecified atom stereocenters. The standard InChI is InChI=1S/C32H44O7/c1-18(2)28(36)37-17-25(35)32-26(38-29(39-32)19-8-6-5-7-9-19)15-23-22-11-10-20-14-21(33)12-13-30(20,3)27(22)24(34)16-31(23,32)4/h12-14,18-19,22-24,26-27,29,34H,5-11,15-17H2,1-4H3/t22-,23-,24-,26+,27+,29+,30-,31-,32+/m0/s1/i1D3,2D3,3D,4D,5D2,6D2,7D2,8D2,9D2,10D2,11D2,12D,13D,14D,15D2,16D2,17D2,18D,19D,22D,23D,24D,26D,27D,29D,34D. The van der Waals surface area contributed by atoms with E-state index in [1.165, 1.54) is 0 Å². The van der Waals surface area contributed by atoms with Gasteiger partial charge in [-0.1, -0.05) is 58.2 Å². The fraction of sp³-hybridized carbons (Fsp3) is 0.781. The first kappa shape index (κ1) is 7.20. The summed E-state index contributed by atoms with van der Waals surface area (Å²) in [5.41, 5.74) is -17.8. The van der Waals surface area contributed by atoms with E-state index in [1.807, 2.05) is 0 Å². The summed E-state index contributed by atoms with van der Waals surface area (Å²) in [6.07, 6.45) is -62.3. The van der Waals surface area contributed by atoms with E-state index in [0.717, 1.165) is 0 Å². The third kappa shape index (κ3) is 3.97. The first-order chi connectivity index (χ1) is 34.4. The van der Waals surface area contributed by atoms with Crippen LogP contribution in [0.3, 0.4) is 0 Å². The van der Waals surface area contributed by atoms with Crippen molar-refractivity contribution < 1.29 is 87.2 Å². The van der Waals surface area contributed by atoms with Gasteiger partial charge in [-0.05, 0) is 62.1 Å². The third-order valence-corrected chi connectivity index (χ3v) is 6.34. The van der Waals surface area contributed by atoms with Crippen molar-refractivity contribution in [2.75, 3.05) is 6.56 Å². The number of rotatable bonds is 6. The number of ether oxygens (including phenoxy) is 3. The van der Waals surface area contributed by atoms with Crippen molar-refractivity contribution in [2.24, 2.45) is 40.3 Å². The number of fused-ring (bicyclic) bond motifs is 7. The number of Topliss-reactive ketones (excluding diaryl/α,β-unsaturated/α-hetero) is 1. The number of esters is 1. The van der Waals surface area contributed by atoms with Crippen LogP contribution in [0.15, 0.2) is 23.7 Å². The second kappa shape index (κ2) is 9.63. The van der Waals surface area contributed by atoms with Gasteiger partial charge in [-0.15, -0.1) is 0 Å². The third-order valence-electron chi connectivity index (χ3n) is 6.34. The van der Waals surface area contributed by atoms with E-state index in [1.54, 1.807) is 0 Å². The smallest absolute Gasteiger partial charge is 0.308 e. The van der Waals surface area contributed by atoms with E-state index in [2.05, 4.69) is 9.85 Å². The molecule has 0 bridgehead atoms. The quantitative estimate of drug-likeness (QED) is 0.455. The molecule has 7 nitrogen and oxygen atoms in total. The van der Waals surface area contributed by atoms with Crippen molar-refractivity contribution in [3.05, 3.63) is 23.7 Å². The Labute approximate surface area is 288 Å². The van der Waals surface area contributed by atoms with Crippen LogP contribution in [0.4, 0.5) is 0 Å². The van der Waals surface area contributed by atoms with E-state index >= 15 is 4.79 Å². The van der Waals surface area contributed by atoms with Crippen LogP contribution in [-0.4, -0.2) is 54.7 Å². The van der Waals surface area contributed by atoms with Gasteiger partial charge in [-0.2, -0.15) is 0 Å². The normalized spacial score (nSPS) is 86.0. The van der Waals surface area contributed by atoms with Gasteiger partial charge < -0.3 is 19.3 Å². The Hall–Kier alpha value is -1.83. The van der Waals surface area contributed by atoms with E-state index in [4.69, 9.17) is 43.8 Å². The molecular weight excluding hydrogens is 496 g/mol. The predicted octanol–water partition coefficient (Wildman–Crippen LogP) is 4.70. The summed E-state index contributed by atoms with van der Waals surface area (Å²) in [5, 5.41) is 4.46. The zero-order valence-corrected chi connectivity index (χ0v) is 19.3. The molecule has 1 aliphatic heterocycles. The van der Waals surface area contributed by atoms with Gasteiger partial charge in [0.1, 0.15) is 0 Å². The molecule has 0 amide bonds. The molecule has 6 rings (SSSR count). The van der Waals surface area contributed by atoms with Crippen LogP contribution in [0, 0.1) is 40.3 Å². The molecular formula is C32H44O7. The molecule has 5 aliphatic carbocycles. The molecule has 0 radical (unpaired) electrons. The average molecular weight is 581 g/mol. The molecule has 1 heterocycles. The van der Waals surface area contributed by atoms with Gasteiger partial charge in [0.2, 0.25) is 7.21 Å². The van der Waals surface area contributed by atoms with Crippen LogP contribution in [0.2, 0.25) is 0 Å². The molecule has 5 fully saturated rings. The SMILES string of the molecule is [2H]C[C@]12C([2H])=C([2H])C(=O)C([2H])=C1C([2H])([2H])C([2H])([2H])[C@@]1([2H])[C@]3([2H])C([2H])([2H])[C@@]4([2H])O[C@@]([2H])(C5([2H])C([2H])([2H])C([2H])([2H])C([2H])([2H])C([2H])([2H])C5([2H])[2H])O[C@@]4(C(=O)C([2H])([2H])OC(=O)C([2H])(C([2H])([2H])[2H])C([2H])([2H])[2H])[C@@]3(C[2H])C([2H])([2H])[C@]([2H])(O[2H])[C@]21[2H]. The maximum atomic E-state index is 16.0. The van der Waals surface area contributed by atoms with Gasteiger partial charge in [0, 0.05) is 65.1 Å². The number of ketones is 2. The van der Waals surface area contributed by atoms with Crippen LogP contribution in [0.1, 0.15) is 138 Å². The van der Waals surface area contributed by atoms with Crippen molar-refractivity contribution in [3.8, 4) is 0 Å². The van der Waals surface area contributed by atoms with Gasteiger partial charge in [0.05, 0.1) is 29.0 Å². The first-order valence-corrected chi connectivity index (χ1v) is 10.7. The molecule has 39 heavy (non-hydrogen) atoms. The Morgan fingerprint density at radius 3 is 2.95 bits per heavy atom. The van der Waals surface area contributed by atoms with Crippen molar-refractivity contribution in [3.63, 3.8) is 0 Å². The summed E-state index contributed by atoms with van der Waals surface area (Å²) in [5.74, 6) is -35.6. The van der Waals surface area contributed by atoms with Crippen LogP contribution >= 0.6 is 0 Å². The molecule has 0 spiro atoms. The number of hydrogen-bond acceptors (Lipinski definition) is 7. The van der Waals surface area contributed by atoms with Crippen molar-refractivity contribution in [2.45, 2.75) is 109 Å². The fourth-order valence-corrected chi connectivity index (χ4v) is 4.56. The van der Waals surface area contributed by atoms with Crippen LogP contribution in [0.5, 0.6) is 0 Å². The minimum atomic E-state index is -5.86. The predicted molar refractivity (Wildman–Crippen MR) is 143 cm³/mol. The first-order valence-electron chi connectivity index (χ1n) is 31.1. The maximum absolute atomic E-state index is 16.0. The monoisotopic (exact) mass is 581 g/mol. The van der Waals surface area contributed by atoms with Crippen LogP contribution in [-0.2, 0) is 28.6 Å². The second-order valence-corrected chi connectivity index (χ2v) is 8.54. The minimum Gasteiger partial charge on any atom is -0.457 e. The summed E-state index contributed by atoms with van der Waals surface area (Å²) in [4.78, 5) is 43.3. The van der Waals surface area contributed by atoms with E-state index < -0.39 is 197 Å². The van der Waals surface area contributed by atoms with Gasteiger partial charge in [-0.3, -0.25) is 14.4 Å². The Bertz CT molecular complexity index is 2740. The van der Waals surface area contributed by atoms with E-state index in [-0.39, 0.29) is 0 Å². The van der Waals surface area contributed by atoms with E-state index in [0.29, 0.717) is 0 Å². The van der Waals surface area contributed by atoms with Crippen molar-refractivity contribution in [1.29, 1.82) is 1.43 Å². The zero-order valence-electron chi connectivity index (χ0n) is 59.3. The highest BCUT2D eigenvalue weighted by molar-refractivity contribution is 6.01. The van der Waals surface area contributed by atoms with Crippen LogP contribution in [0.25, 0.3) is 0 Å². The molecule has 6 aliphatic rings. The lowest BCUT2D eigenvalue weighted by Crippen LogP contribution is -2.63. The Morgan fingerprint density at radius 1 is 1.36 bits per heavy atom. The number of allylic oxidation sites excluding steroid dienone is 4. The minimum absolute atomic E-state index is 1.92. The molecule has 9 atom stereocenters. The van der Waals surface area contributed by atoms with Gasteiger partial charge in [0.25, 0.3) is 0 Å². The Morgan fingerprint density at radius 2 is 2.21 bits per heavy atom. The molecule has 214 valence electrons. The lowest BCUT2D eigenvalue weighted by atomic mass is 9.46. The highest BCUT2D eigenvalue weighted by atomic mass is 16.7. The topological polar surface area (TPSA) is 99.1 Å². The summed E-state index contributed by atoms with van der Waals surface area (Å²) < 4.78 is 372. The highest BCUT2D eigenvalue weighted by Gasteiger charge is 2.76. The largest absolute Gasteiger partial charge is 0.457 e.